The number of carbonyl (C=O) groups is 2. The Bertz CT molecular complexity index is 386. The van der Waals surface area contributed by atoms with Crippen LogP contribution in [0.15, 0.2) is 12.7 Å². The smallest absolute Gasteiger partial charge is 0.407 e. The van der Waals surface area contributed by atoms with Crippen LogP contribution in [0.3, 0.4) is 0 Å². The Balaban J connectivity index is 2.40. The summed E-state index contributed by atoms with van der Waals surface area (Å²) in [5, 5.41) is 11.8. The summed E-state index contributed by atoms with van der Waals surface area (Å²) < 4.78 is 5.15. The van der Waals surface area contributed by atoms with Gasteiger partial charge in [-0.15, -0.1) is 6.58 Å². The minimum atomic E-state index is -0.976. The van der Waals surface area contributed by atoms with E-state index in [-0.39, 0.29) is 17.9 Å². The molecule has 22 heavy (non-hydrogen) atoms. The molecule has 0 saturated heterocycles. The van der Waals surface area contributed by atoms with Crippen molar-refractivity contribution in [2.24, 2.45) is 11.3 Å². The zero-order valence-corrected chi connectivity index (χ0v) is 13.8. The summed E-state index contributed by atoms with van der Waals surface area (Å²) in [6, 6.07) is -0.839. The zero-order valence-electron chi connectivity index (χ0n) is 13.8. The maximum atomic E-state index is 11.8. The van der Waals surface area contributed by atoms with Gasteiger partial charge in [0.05, 0.1) is 6.61 Å². The number of rotatable bonds is 8. The van der Waals surface area contributed by atoms with Crippen LogP contribution in [-0.2, 0) is 9.53 Å². The van der Waals surface area contributed by atoms with Crippen LogP contribution in [0, 0.1) is 11.3 Å². The van der Waals surface area contributed by atoms with Crippen molar-refractivity contribution in [1.29, 1.82) is 0 Å². The molecular weight excluding hydrogens is 282 g/mol. The van der Waals surface area contributed by atoms with E-state index < -0.39 is 18.1 Å². The average Bonchev–Trinajstić information content (AvgIpc) is 2.45. The fourth-order valence-electron chi connectivity index (χ4n) is 2.93. The van der Waals surface area contributed by atoms with Gasteiger partial charge in [-0.2, -0.15) is 0 Å². The Morgan fingerprint density at radius 2 is 2.00 bits per heavy atom. The highest BCUT2D eigenvalue weighted by Crippen LogP contribution is 2.27. The van der Waals surface area contributed by atoms with E-state index >= 15 is 0 Å². The molecule has 1 rings (SSSR count). The molecule has 0 aliphatic heterocycles. The van der Waals surface area contributed by atoms with Crippen LogP contribution in [0.25, 0.3) is 0 Å². The van der Waals surface area contributed by atoms with E-state index in [4.69, 9.17) is 4.74 Å². The van der Waals surface area contributed by atoms with Crippen molar-refractivity contribution >= 4 is 12.1 Å². The van der Waals surface area contributed by atoms with E-state index in [9.17, 15) is 14.7 Å². The van der Waals surface area contributed by atoms with Gasteiger partial charge in [0.15, 0.2) is 0 Å². The highest BCUT2D eigenvalue weighted by molar-refractivity contribution is 5.80. The van der Waals surface area contributed by atoms with Crippen LogP contribution in [-0.4, -0.2) is 29.8 Å². The second-order valence-corrected chi connectivity index (χ2v) is 6.90. The minimum Gasteiger partial charge on any atom is -0.480 e. The van der Waals surface area contributed by atoms with Gasteiger partial charge in [-0.3, -0.25) is 0 Å². The number of hydrogen-bond acceptors (Lipinski definition) is 3. The molecule has 0 aromatic heterocycles. The number of carboxylic acids is 1. The van der Waals surface area contributed by atoms with Gasteiger partial charge in [0, 0.05) is 0 Å². The summed E-state index contributed by atoms with van der Waals surface area (Å²) in [6.07, 6.45) is 7.68. The van der Waals surface area contributed by atoms with Gasteiger partial charge in [-0.25, -0.2) is 9.59 Å². The van der Waals surface area contributed by atoms with Gasteiger partial charge in [0.25, 0.3) is 0 Å². The zero-order chi connectivity index (χ0) is 16.6. The summed E-state index contributed by atoms with van der Waals surface area (Å²) in [5.41, 5.74) is 0.0254. The Kier molecular flexibility index (Phi) is 7.42. The predicted octanol–water partition coefficient (Wildman–Crippen LogP) is 3.74. The van der Waals surface area contributed by atoms with Crippen LogP contribution in [0.1, 0.15) is 58.8 Å². The number of allylic oxidation sites excluding steroid dienone is 1. The normalized spacial score (nSPS) is 17.5. The van der Waals surface area contributed by atoms with Crippen molar-refractivity contribution in [3.63, 3.8) is 0 Å². The lowest BCUT2D eigenvalue weighted by molar-refractivity contribution is -0.141. The van der Waals surface area contributed by atoms with Crippen LogP contribution in [0.4, 0.5) is 4.79 Å². The van der Waals surface area contributed by atoms with Crippen LogP contribution >= 0.6 is 0 Å². The first kappa shape index (κ1) is 18.5. The molecule has 1 fully saturated rings. The monoisotopic (exact) mass is 311 g/mol. The third-order valence-corrected chi connectivity index (χ3v) is 4.37. The number of hydrogen-bond donors (Lipinski definition) is 2. The van der Waals surface area contributed by atoms with E-state index in [2.05, 4.69) is 25.7 Å². The summed E-state index contributed by atoms with van der Waals surface area (Å²) in [4.78, 5) is 23.2. The summed E-state index contributed by atoms with van der Waals surface area (Å²) in [5.74, 6) is -0.966. The molecule has 126 valence electrons. The number of carbonyl (C=O) groups excluding carboxylic acids is 1. The summed E-state index contributed by atoms with van der Waals surface area (Å²) in [7, 11) is 0. The molecule has 0 bridgehead atoms. The van der Waals surface area contributed by atoms with Crippen molar-refractivity contribution in [3.05, 3.63) is 12.7 Å². The van der Waals surface area contributed by atoms with Gasteiger partial charge in [-0.05, 0) is 37.0 Å². The second kappa shape index (κ2) is 8.81. The molecule has 0 heterocycles. The first-order valence-electron chi connectivity index (χ1n) is 8.13. The maximum absolute atomic E-state index is 11.8. The Labute approximate surface area is 133 Å². The fraction of sp³-hybridized carbons (Fsp3) is 0.765. The first-order valence-corrected chi connectivity index (χ1v) is 8.13. The number of amides is 1. The van der Waals surface area contributed by atoms with Crippen molar-refractivity contribution in [2.75, 3.05) is 6.61 Å². The van der Waals surface area contributed by atoms with Crippen molar-refractivity contribution < 1.29 is 19.4 Å². The first-order chi connectivity index (χ1) is 10.4. The largest absolute Gasteiger partial charge is 0.480 e. The lowest BCUT2D eigenvalue weighted by atomic mass is 9.84. The summed E-state index contributed by atoms with van der Waals surface area (Å²) >= 11 is 0. The van der Waals surface area contributed by atoms with Crippen molar-refractivity contribution in [1.82, 2.24) is 5.32 Å². The number of aliphatic carboxylic acids is 1. The van der Waals surface area contributed by atoms with E-state index in [0.717, 1.165) is 38.5 Å². The molecule has 5 heteroatoms. The van der Waals surface area contributed by atoms with E-state index in [1.165, 1.54) is 0 Å². The molecule has 0 radical (unpaired) electrons. The van der Waals surface area contributed by atoms with Crippen LogP contribution < -0.4 is 5.32 Å². The van der Waals surface area contributed by atoms with Gasteiger partial charge in [-0.1, -0.05) is 39.2 Å². The molecule has 0 spiro atoms. The van der Waals surface area contributed by atoms with Gasteiger partial charge < -0.3 is 15.2 Å². The number of ether oxygens (including phenoxy) is 1. The van der Waals surface area contributed by atoms with Gasteiger partial charge in [0.2, 0.25) is 0 Å². The van der Waals surface area contributed by atoms with E-state index in [1.807, 2.05) is 6.08 Å². The molecule has 5 nitrogen and oxygen atoms in total. The quantitative estimate of drug-likeness (QED) is 0.670. The third-order valence-electron chi connectivity index (χ3n) is 4.37. The van der Waals surface area contributed by atoms with Crippen LogP contribution in [0.5, 0.6) is 0 Å². The maximum Gasteiger partial charge on any atom is 0.407 e. The predicted molar refractivity (Wildman–Crippen MR) is 85.7 cm³/mol. The Hall–Kier alpha value is -1.52. The number of alkyl carbamates (subject to hydrolysis) is 1. The van der Waals surface area contributed by atoms with E-state index in [0.29, 0.717) is 6.42 Å². The number of nitrogens with one attached hydrogen (secondary N) is 1. The van der Waals surface area contributed by atoms with Crippen LogP contribution in [0.2, 0.25) is 0 Å². The third kappa shape index (κ3) is 6.50. The molecule has 0 aromatic carbocycles. The van der Waals surface area contributed by atoms with E-state index in [1.54, 1.807) is 0 Å². The molecule has 1 aliphatic rings. The second-order valence-electron chi connectivity index (χ2n) is 6.90. The van der Waals surface area contributed by atoms with Gasteiger partial charge in [0.1, 0.15) is 6.04 Å². The lowest BCUT2D eigenvalue weighted by Gasteiger charge is -2.28. The SMILES string of the molecule is C=CCC(C)(C)CCOC(=O)NC(C(=O)O)C1CCCCC1. The molecule has 2 N–H and O–H groups in total. The molecule has 1 atom stereocenters. The fourth-order valence-corrected chi connectivity index (χ4v) is 2.93. The average molecular weight is 311 g/mol. The molecule has 1 unspecified atom stereocenters. The highest BCUT2D eigenvalue weighted by Gasteiger charge is 2.31. The highest BCUT2D eigenvalue weighted by atomic mass is 16.5. The molecule has 1 saturated carbocycles. The Morgan fingerprint density at radius 3 is 2.55 bits per heavy atom. The molecule has 0 aromatic rings. The molecule has 1 amide bonds. The standard InChI is InChI=1S/C17H29NO4/c1-4-10-17(2,3)11-12-22-16(21)18-14(15(19)20)13-8-6-5-7-9-13/h4,13-14H,1,5-12H2,2-3H3,(H,18,21)(H,19,20). The minimum absolute atomic E-state index is 0.0102. The number of carboxylic acid groups (broad SMARTS) is 1. The molecule has 1 aliphatic carbocycles. The summed E-state index contributed by atoms with van der Waals surface area (Å²) in [6.45, 7) is 8.16. The topological polar surface area (TPSA) is 75.6 Å². The Morgan fingerprint density at radius 1 is 1.36 bits per heavy atom. The van der Waals surface area contributed by atoms with Gasteiger partial charge >= 0.3 is 12.1 Å². The van der Waals surface area contributed by atoms with Crippen molar-refractivity contribution in [3.8, 4) is 0 Å². The van der Waals surface area contributed by atoms with Crippen molar-refractivity contribution in [2.45, 2.75) is 64.8 Å². The molecular formula is C17H29NO4. The lowest BCUT2D eigenvalue weighted by Crippen LogP contribution is -2.46.